The fourth-order valence-corrected chi connectivity index (χ4v) is 2.68. The summed E-state index contributed by atoms with van der Waals surface area (Å²) < 4.78 is 18.6. The normalized spacial score (nSPS) is 10.4. The maximum atomic E-state index is 12.9. The van der Waals surface area contributed by atoms with Crippen LogP contribution in [0, 0.1) is 19.7 Å². The number of hydrogen-bond donors (Lipinski definition) is 1. The van der Waals surface area contributed by atoms with Gasteiger partial charge >= 0.3 is 0 Å². The first-order valence-corrected chi connectivity index (χ1v) is 9.38. The zero-order valence-corrected chi connectivity index (χ0v) is 16.6. The molecule has 0 heterocycles. The van der Waals surface area contributed by atoms with E-state index in [2.05, 4.69) is 5.32 Å². The van der Waals surface area contributed by atoms with Crippen LogP contribution >= 0.6 is 0 Å². The number of ether oxygens (including phenoxy) is 1. The molecule has 0 bridgehead atoms. The summed E-state index contributed by atoms with van der Waals surface area (Å²) in [5.41, 5.74) is 2.91. The summed E-state index contributed by atoms with van der Waals surface area (Å²) in [4.78, 5) is 26.0. The molecule has 0 saturated carbocycles. The minimum absolute atomic E-state index is 0.0139. The van der Waals surface area contributed by atoms with Crippen LogP contribution in [-0.4, -0.2) is 36.4 Å². The van der Waals surface area contributed by atoms with E-state index < -0.39 is 0 Å². The minimum Gasteiger partial charge on any atom is -0.493 e. The van der Waals surface area contributed by atoms with E-state index in [1.54, 1.807) is 12.1 Å². The van der Waals surface area contributed by atoms with Gasteiger partial charge in [0.25, 0.3) is 0 Å². The Morgan fingerprint density at radius 2 is 1.82 bits per heavy atom. The van der Waals surface area contributed by atoms with E-state index in [0.717, 1.165) is 22.4 Å². The fraction of sp³-hybridized carbons (Fsp3) is 0.364. The molecule has 0 aromatic heterocycles. The molecule has 0 aliphatic carbocycles. The minimum atomic E-state index is -0.319. The number of carbonyl (C=O) groups is 2. The van der Waals surface area contributed by atoms with Gasteiger partial charge in [-0.3, -0.25) is 9.59 Å². The van der Waals surface area contributed by atoms with Gasteiger partial charge in [0.05, 0.1) is 19.6 Å². The third-order valence-electron chi connectivity index (χ3n) is 4.39. The van der Waals surface area contributed by atoms with Crippen LogP contribution < -0.4 is 10.1 Å². The van der Waals surface area contributed by atoms with Crippen LogP contribution in [0.1, 0.15) is 30.0 Å². The molecule has 2 aromatic carbocycles. The Kier molecular flexibility index (Phi) is 7.99. The SMILES string of the molecule is CCN(CC(=O)NCc1ccc(F)cc1)C(=O)CCOc1cc(C)ccc1C. The van der Waals surface area contributed by atoms with Crippen molar-refractivity contribution < 1.29 is 18.7 Å². The molecule has 6 heteroatoms. The lowest BCUT2D eigenvalue weighted by Gasteiger charge is -2.20. The lowest BCUT2D eigenvalue weighted by atomic mass is 10.1. The first-order chi connectivity index (χ1) is 13.4. The Bertz CT molecular complexity index is 806. The molecule has 0 saturated heterocycles. The molecule has 28 heavy (non-hydrogen) atoms. The highest BCUT2D eigenvalue weighted by molar-refractivity contribution is 5.84. The highest BCUT2D eigenvalue weighted by Crippen LogP contribution is 2.19. The van der Waals surface area contributed by atoms with Gasteiger partial charge in [0.1, 0.15) is 11.6 Å². The van der Waals surface area contributed by atoms with Crippen molar-refractivity contribution in [3.8, 4) is 5.75 Å². The quantitative estimate of drug-likeness (QED) is 0.719. The molecule has 0 unspecified atom stereocenters. The van der Waals surface area contributed by atoms with E-state index in [-0.39, 0.29) is 37.2 Å². The van der Waals surface area contributed by atoms with Crippen LogP contribution in [0.3, 0.4) is 0 Å². The molecule has 0 spiro atoms. The summed E-state index contributed by atoms with van der Waals surface area (Å²) in [6.45, 7) is 6.75. The van der Waals surface area contributed by atoms with Gasteiger partial charge in [-0.15, -0.1) is 0 Å². The van der Waals surface area contributed by atoms with Crippen LogP contribution in [-0.2, 0) is 16.1 Å². The molecule has 2 amide bonds. The zero-order chi connectivity index (χ0) is 20.5. The van der Waals surface area contributed by atoms with E-state index in [4.69, 9.17) is 4.74 Å². The molecule has 2 aromatic rings. The molecule has 0 fully saturated rings. The maximum Gasteiger partial charge on any atom is 0.239 e. The van der Waals surface area contributed by atoms with Crippen molar-refractivity contribution >= 4 is 11.8 Å². The third-order valence-corrected chi connectivity index (χ3v) is 4.39. The van der Waals surface area contributed by atoms with E-state index in [0.29, 0.717) is 13.1 Å². The lowest BCUT2D eigenvalue weighted by molar-refractivity contribution is -0.136. The number of carbonyl (C=O) groups excluding carboxylic acids is 2. The van der Waals surface area contributed by atoms with Crippen molar-refractivity contribution in [2.45, 2.75) is 33.7 Å². The van der Waals surface area contributed by atoms with Gasteiger partial charge in [-0.2, -0.15) is 0 Å². The number of benzene rings is 2. The van der Waals surface area contributed by atoms with E-state index in [9.17, 15) is 14.0 Å². The molecular formula is C22H27FN2O3. The predicted octanol–water partition coefficient (Wildman–Crippen LogP) is 3.38. The second kappa shape index (κ2) is 10.4. The monoisotopic (exact) mass is 386 g/mol. The average molecular weight is 386 g/mol. The standard InChI is InChI=1S/C22H27FN2O3/c1-4-25(15-21(26)24-14-18-7-9-19(23)10-8-18)22(27)11-12-28-20-13-16(2)5-6-17(20)3/h5-10,13H,4,11-12,14-15H2,1-3H3,(H,24,26). The molecule has 2 rings (SSSR count). The van der Waals surface area contributed by atoms with Crippen LogP contribution in [0.5, 0.6) is 5.75 Å². The topological polar surface area (TPSA) is 58.6 Å². The number of aryl methyl sites for hydroxylation is 2. The smallest absolute Gasteiger partial charge is 0.239 e. The van der Waals surface area contributed by atoms with Crippen molar-refractivity contribution in [2.24, 2.45) is 0 Å². The van der Waals surface area contributed by atoms with Crippen molar-refractivity contribution in [1.29, 1.82) is 0 Å². The molecule has 0 aliphatic heterocycles. The van der Waals surface area contributed by atoms with Gasteiger partial charge < -0.3 is 15.0 Å². The van der Waals surface area contributed by atoms with E-state index in [1.165, 1.54) is 17.0 Å². The number of hydrogen-bond acceptors (Lipinski definition) is 3. The fourth-order valence-electron chi connectivity index (χ4n) is 2.68. The Labute approximate surface area is 165 Å². The van der Waals surface area contributed by atoms with Crippen LogP contribution in [0.15, 0.2) is 42.5 Å². The number of rotatable bonds is 9. The number of halogens is 1. The Hall–Kier alpha value is -2.89. The maximum absolute atomic E-state index is 12.9. The first-order valence-electron chi connectivity index (χ1n) is 9.38. The van der Waals surface area contributed by atoms with Crippen LogP contribution in [0.2, 0.25) is 0 Å². The van der Waals surface area contributed by atoms with Crippen molar-refractivity contribution in [3.63, 3.8) is 0 Å². The molecule has 0 aliphatic rings. The number of amides is 2. The summed E-state index contributed by atoms with van der Waals surface area (Å²) in [6.07, 6.45) is 0.201. The molecule has 0 atom stereocenters. The second-order valence-electron chi connectivity index (χ2n) is 6.68. The third kappa shape index (κ3) is 6.68. The molecule has 5 nitrogen and oxygen atoms in total. The molecule has 0 radical (unpaired) electrons. The summed E-state index contributed by atoms with van der Waals surface area (Å²) >= 11 is 0. The zero-order valence-electron chi connectivity index (χ0n) is 16.6. The van der Waals surface area contributed by atoms with Gasteiger partial charge in [0.15, 0.2) is 0 Å². The number of nitrogens with one attached hydrogen (secondary N) is 1. The average Bonchev–Trinajstić information content (AvgIpc) is 2.68. The van der Waals surface area contributed by atoms with Crippen LogP contribution in [0.25, 0.3) is 0 Å². The van der Waals surface area contributed by atoms with Crippen molar-refractivity contribution in [1.82, 2.24) is 10.2 Å². The van der Waals surface area contributed by atoms with Gasteiger partial charge in [-0.25, -0.2) is 4.39 Å². The van der Waals surface area contributed by atoms with Gasteiger partial charge in [0.2, 0.25) is 11.8 Å². The Morgan fingerprint density at radius 1 is 1.11 bits per heavy atom. The Morgan fingerprint density at radius 3 is 2.50 bits per heavy atom. The summed E-state index contributed by atoms with van der Waals surface area (Å²) in [5, 5.41) is 2.75. The first kappa shape index (κ1) is 21.4. The predicted molar refractivity (Wildman–Crippen MR) is 107 cm³/mol. The number of likely N-dealkylation sites (N-methyl/N-ethyl adjacent to an activating group) is 1. The highest BCUT2D eigenvalue weighted by Gasteiger charge is 2.15. The van der Waals surface area contributed by atoms with Crippen molar-refractivity contribution in [3.05, 3.63) is 65.0 Å². The largest absolute Gasteiger partial charge is 0.493 e. The van der Waals surface area contributed by atoms with Crippen LogP contribution in [0.4, 0.5) is 4.39 Å². The number of nitrogens with zero attached hydrogens (tertiary/aromatic N) is 1. The van der Waals surface area contributed by atoms with Gasteiger partial charge in [-0.05, 0) is 55.7 Å². The second-order valence-corrected chi connectivity index (χ2v) is 6.68. The summed E-state index contributed by atoms with van der Waals surface area (Å²) in [5.74, 6) is 0.0634. The van der Waals surface area contributed by atoms with Gasteiger partial charge in [-0.1, -0.05) is 24.3 Å². The summed E-state index contributed by atoms with van der Waals surface area (Å²) in [7, 11) is 0. The van der Waals surface area contributed by atoms with E-state index >= 15 is 0 Å². The van der Waals surface area contributed by atoms with E-state index in [1.807, 2.05) is 39.0 Å². The van der Waals surface area contributed by atoms with Crippen molar-refractivity contribution in [2.75, 3.05) is 19.7 Å². The highest BCUT2D eigenvalue weighted by atomic mass is 19.1. The lowest BCUT2D eigenvalue weighted by Crippen LogP contribution is -2.40. The molecule has 1 N–H and O–H groups in total. The van der Waals surface area contributed by atoms with Gasteiger partial charge in [0, 0.05) is 13.1 Å². The summed E-state index contributed by atoms with van der Waals surface area (Å²) in [6, 6.07) is 11.9. The Balaban J connectivity index is 1.77. The molecule has 150 valence electrons. The molecular weight excluding hydrogens is 359 g/mol.